The Morgan fingerprint density at radius 1 is 1.29 bits per heavy atom. The van der Waals surface area contributed by atoms with Crippen molar-refractivity contribution in [2.45, 2.75) is 26.4 Å². The Labute approximate surface area is 126 Å². The van der Waals surface area contributed by atoms with E-state index in [9.17, 15) is 4.39 Å². The smallest absolute Gasteiger partial charge is 0.164 e. The zero-order chi connectivity index (χ0) is 15.2. The summed E-state index contributed by atoms with van der Waals surface area (Å²) in [6.45, 7) is 8.93. The van der Waals surface area contributed by atoms with Gasteiger partial charge in [0.1, 0.15) is 5.82 Å². The van der Waals surface area contributed by atoms with Crippen LogP contribution in [-0.4, -0.2) is 50.8 Å². The third-order valence-electron chi connectivity index (χ3n) is 3.58. The Bertz CT molecular complexity index is 460. The molecule has 0 radical (unpaired) electrons. The summed E-state index contributed by atoms with van der Waals surface area (Å²) in [7, 11) is 1.54. The van der Waals surface area contributed by atoms with Crippen LogP contribution in [0.4, 0.5) is 4.39 Å². The average molecular weight is 296 g/mol. The molecule has 0 aromatic heterocycles. The third-order valence-corrected chi connectivity index (χ3v) is 3.58. The highest BCUT2D eigenvalue weighted by atomic mass is 19.1. The summed E-state index contributed by atoms with van der Waals surface area (Å²) in [4.78, 5) is 2.38. The molecule has 2 rings (SSSR count). The molecule has 0 bridgehead atoms. The quantitative estimate of drug-likeness (QED) is 0.871. The molecule has 1 aliphatic heterocycles. The predicted octanol–water partition coefficient (Wildman–Crippen LogP) is 2.07. The molecular formula is C16H25FN2O2. The van der Waals surface area contributed by atoms with Crippen molar-refractivity contribution in [2.75, 3.05) is 39.8 Å². The third kappa shape index (κ3) is 4.58. The lowest BCUT2D eigenvalue weighted by molar-refractivity contribution is 0.221. The molecule has 1 aromatic rings. The van der Waals surface area contributed by atoms with Crippen LogP contribution in [0.15, 0.2) is 12.1 Å². The van der Waals surface area contributed by atoms with E-state index in [-0.39, 0.29) is 11.9 Å². The first-order valence-electron chi connectivity index (χ1n) is 7.56. The van der Waals surface area contributed by atoms with Crippen LogP contribution in [0, 0.1) is 5.82 Å². The van der Waals surface area contributed by atoms with Crippen LogP contribution in [0.3, 0.4) is 0 Å². The van der Waals surface area contributed by atoms with Crippen molar-refractivity contribution in [1.82, 2.24) is 10.2 Å². The molecular weight excluding hydrogens is 271 g/mol. The van der Waals surface area contributed by atoms with Gasteiger partial charge in [-0.25, -0.2) is 4.39 Å². The molecule has 0 atom stereocenters. The summed E-state index contributed by atoms with van der Waals surface area (Å²) in [5.74, 6) is 0.862. The fourth-order valence-corrected chi connectivity index (χ4v) is 2.54. The summed E-state index contributed by atoms with van der Waals surface area (Å²) in [5, 5.41) is 3.33. The number of hydrogen-bond acceptors (Lipinski definition) is 4. The van der Waals surface area contributed by atoms with Crippen molar-refractivity contribution in [3.8, 4) is 11.5 Å². The number of nitrogens with one attached hydrogen (secondary N) is 1. The van der Waals surface area contributed by atoms with Gasteiger partial charge in [0.25, 0.3) is 0 Å². The summed E-state index contributed by atoms with van der Waals surface area (Å²) in [5.41, 5.74) is 0.874. The fraction of sp³-hybridized carbons (Fsp3) is 0.625. The maximum absolute atomic E-state index is 13.7. The highest BCUT2D eigenvalue weighted by molar-refractivity contribution is 5.47. The molecule has 0 aliphatic carbocycles. The van der Waals surface area contributed by atoms with Crippen LogP contribution in [0.2, 0.25) is 0 Å². The maximum atomic E-state index is 13.7. The van der Waals surface area contributed by atoms with E-state index < -0.39 is 0 Å². The minimum atomic E-state index is -0.279. The highest BCUT2D eigenvalue weighted by Crippen LogP contribution is 2.33. The molecule has 1 fully saturated rings. The van der Waals surface area contributed by atoms with E-state index in [1.807, 2.05) is 13.8 Å². The van der Waals surface area contributed by atoms with Crippen molar-refractivity contribution in [3.63, 3.8) is 0 Å². The van der Waals surface area contributed by atoms with Gasteiger partial charge in [0.05, 0.1) is 13.2 Å². The van der Waals surface area contributed by atoms with Crippen LogP contribution in [0.25, 0.3) is 0 Å². The zero-order valence-corrected chi connectivity index (χ0v) is 13.1. The van der Waals surface area contributed by atoms with Gasteiger partial charge < -0.3 is 19.7 Å². The van der Waals surface area contributed by atoms with E-state index in [4.69, 9.17) is 9.47 Å². The topological polar surface area (TPSA) is 33.7 Å². The normalized spacial score (nSPS) is 16.2. The first kappa shape index (κ1) is 16.0. The summed E-state index contributed by atoms with van der Waals surface area (Å²) < 4.78 is 24.8. The molecule has 21 heavy (non-hydrogen) atoms. The monoisotopic (exact) mass is 296 g/mol. The van der Waals surface area contributed by atoms with Crippen molar-refractivity contribution in [3.05, 3.63) is 23.5 Å². The number of benzene rings is 1. The predicted molar refractivity (Wildman–Crippen MR) is 81.7 cm³/mol. The average Bonchev–Trinajstić information content (AvgIpc) is 2.47. The second-order valence-electron chi connectivity index (χ2n) is 5.60. The lowest BCUT2D eigenvalue weighted by Gasteiger charge is -2.27. The minimum Gasteiger partial charge on any atom is -0.493 e. The summed E-state index contributed by atoms with van der Waals surface area (Å²) in [6, 6.07) is 2.94. The van der Waals surface area contributed by atoms with Gasteiger partial charge in [0, 0.05) is 44.4 Å². The molecule has 0 spiro atoms. The van der Waals surface area contributed by atoms with Gasteiger partial charge in [-0.2, -0.15) is 0 Å². The molecule has 1 saturated heterocycles. The number of methoxy groups -OCH3 is 1. The molecule has 118 valence electrons. The van der Waals surface area contributed by atoms with Gasteiger partial charge >= 0.3 is 0 Å². The Morgan fingerprint density at radius 3 is 2.62 bits per heavy atom. The maximum Gasteiger partial charge on any atom is 0.164 e. The molecule has 0 saturated carbocycles. The molecule has 1 aromatic carbocycles. The van der Waals surface area contributed by atoms with Crippen LogP contribution in [0.5, 0.6) is 11.5 Å². The van der Waals surface area contributed by atoms with Crippen LogP contribution in [0.1, 0.15) is 19.4 Å². The Kier molecular flexibility index (Phi) is 5.82. The second kappa shape index (κ2) is 7.61. The van der Waals surface area contributed by atoms with Gasteiger partial charge in [0.2, 0.25) is 0 Å². The van der Waals surface area contributed by atoms with Crippen molar-refractivity contribution >= 4 is 0 Å². The zero-order valence-electron chi connectivity index (χ0n) is 13.1. The SMILES string of the molecule is COc1cc(F)cc(CCN2CCNCC2)c1OC(C)C. The molecule has 1 heterocycles. The minimum absolute atomic E-state index is 0.0299. The molecule has 1 N–H and O–H groups in total. The van der Waals surface area contributed by atoms with E-state index in [2.05, 4.69) is 10.2 Å². The second-order valence-corrected chi connectivity index (χ2v) is 5.60. The lowest BCUT2D eigenvalue weighted by Crippen LogP contribution is -2.44. The van der Waals surface area contributed by atoms with Crippen molar-refractivity contribution < 1.29 is 13.9 Å². The van der Waals surface area contributed by atoms with Gasteiger partial charge in [0.15, 0.2) is 11.5 Å². The van der Waals surface area contributed by atoms with Gasteiger partial charge in [-0.1, -0.05) is 0 Å². The summed E-state index contributed by atoms with van der Waals surface area (Å²) >= 11 is 0. The van der Waals surface area contributed by atoms with Crippen molar-refractivity contribution in [1.29, 1.82) is 0 Å². The Balaban J connectivity index is 2.13. The van der Waals surface area contributed by atoms with Crippen molar-refractivity contribution in [2.24, 2.45) is 0 Å². The first-order valence-corrected chi connectivity index (χ1v) is 7.56. The van der Waals surface area contributed by atoms with E-state index in [0.29, 0.717) is 11.5 Å². The van der Waals surface area contributed by atoms with E-state index >= 15 is 0 Å². The van der Waals surface area contributed by atoms with Gasteiger partial charge in [-0.3, -0.25) is 0 Å². The van der Waals surface area contributed by atoms with Crippen LogP contribution >= 0.6 is 0 Å². The number of nitrogens with zero attached hydrogens (tertiary/aromatic N) is 1. The first-order chi connectivity index (χ1) is 10.1. The number of hydrogen-bond donors (Lipinski definition) is 1. The van der Waals surface area contributed by atoms with E-state index in [1.165, 1.54) is 6.07 Å². The number of halogens is 1. The van der Waals surface area contributed by atoms with E-state index in [0.717, 1.165) is 44.7 Å². The van der Waals surface area contributed by atoms with Crippen LogP contribution < -0.4 is 14.8 Å². The molecule has 0 amide bonds. The standard InChI is InChI=1S/C16H25FN2O2/c1-12(2)21-16-13(10-14(17)11-15(16)20-3)4-7-19-8-5-18-6-9-19/h10-12,18H,4-9H2,1-3H3. The number of rotatable bonds is 6. The van der Waals surface area contributed by atoms with Gasteiger partial charge in [-0.05, 0) is 26.3 Å². The number of piperazine rings is 1. The number of ether oxygens (including phenoxy) is 2. The largest absolute Gasteiger partial charge is 0.493 e. The molecule has 5 heteroatoms. The van der Waals surface area contributed by atoms with Crippen LogP contribution in [-0.2, 0) is 6.42 Å². The fourth-order valence-electron chi connectivity index (χ4n) is 2.54. The molecule has 1 aliphatic rings. The summed E-state index contributed by atoms with van der Waals surface area (Å²) in [6.07, 6.45) is 0.790. The van der Waals surface area contributed by atoms with E-state index in [1.54, 1.807) is 13.2 Å². The van der Waals surface area contributed by atoms with Gasteiger partial charge in [-0.15, -0.1) is 0 Å². The highest BCUT2D eigenvalue weighted by Gasteiger charge is 2.16. The Morgan fingerprint density at radius 2 is 2.00 bits per heavy atom. The lowest BCUT2D eigenvalue weighted by atomic mass is 10.1. The molecule has 0 unspecified atom stereocenters. The Hall–Kier alpha value is -1.33. The molecule has 4 nitrogen and oxygen atoms in total.